The number of aromatic nitrogens is 1. The Morgan fingerprint density at radius 2 is 2.41 bits per heavy atom. The topological polar surface area (TPSA) is 129 Å². The monoisotopic (exact) mass is 366 g/mol. The van der Waals surface area contributed by atoms with Gasteiger partial charge in [-0.3, -0.25) is 9.79 Å². The molecule has 27 heavy (non-hydrogen) atoms. The summed E-state index contributed by atoms with van der Waals surface area (Å²) in [4.78, 5) is 19.7. The second-order valence-electron chi connectivity index (χ2n) is 5.68. The van der Waals surface area contributed by atoms with Gasteiger partial charge in [0.2, 0.25) is 0 Å². The zero-order valence-corrected chi connectivity index (χ0v) is 15.1. The molecular formula is C19H22N6O2. The maximum atomic E-state index is 12.0. The Labute approximate surface area is 157 Å². The molecule has 0 saturated carbocycles. The fourth-order valence-corrected chi connectivity index (χ4v) is 2.42. The Kier molecular flexibility index (Phi) is 7.75. The summed E-state index contributed by atoms with van der Waals surface area (Å²) in [5.41, 5.74) is 6.20. The number of carbonyl (C=O) groups is 1. The lowest BCUT2D eigenvalue weighted by Crippen LogP contribution is -2.36. The molecule has 1 aliphatic heterocycles. The number of nitriles is 1. The molecule has 1 amide bonds. The van der Waals surface area contributed by atoms with E-state index < -0.39 is 0 Å². The molecule has 1 aromatic carbocycles. The highest BCUT2D eigenvalue weighted by atomic mass is 16.4. The lowest BCUT2D eigenvalue weighted by Gasteiger charge is -2.08. The number of nitrogens with two attached hydrogens (primary N) is 1. The average molecular weight is 366 g/mol. The molecule has 2 heterocycles. The summed E-state index contributed by atoms with van der Waals surface area (Å²) >= 11 is 0. The number of rotatable bonds is 4. The normalized spacial score (nSPS) is 16.1. The van der Waals surface area contributed by atoms with Gasteiger partial charge in [0.1, 0.15) is 0 Å². The minimum absolute atomic E-state index is 0.0410. The Bertz CT molecular complexity index is 834. The van der Waals surface area contributed by atoms with Gasteiger partial charge in [-0.05, 0) is 37.4 Å². The highest BCUT2D eigenvalue weighted by Gasteiger charge is 2.20. The van der Waals surface area contributed by atoms with E-state index in [1.165, 1.54) is 12.4 Å². The summed E-state index contributed by atoms with van der Waals surface area (Å²) in [7, 11) is 1.69. The molecular weight excluding hydrogens is 344 g/mol. The van der Waals surface area contributed by atoms with E-state index >= 15 is 0 Å². The van der Waals surface area contributed by atoms with E-state index in [0.717, 1.165) is 25.1 Å². The highest BCUT2D eigenvalue weighted by molar-refractivity contribution is 5.90. The third-order valence-corrected chi connectivity index (χ3v) is 3.72. The summed E-state index contributed by atoms with van der Waals surface area (Å²) in [6, 6.07) is 9.17. The predicted octanol–water partition coefficient (Wildman–Crippen LogP) is 1.46. The first-order chi connectivity index (χ1) is 13.2. The van der Waals surface area contributed by atoms with Crippen LogP contribution in [-0.2, 0) is 0 Å². The molecule has 8 nitrogen and oxygen atoms in total. The summed E-state index contributed by atoms with van der Waals surface area (Å²) in [5.74, 6) is 0.201. The van der Waals surface area contributed by atoms with Crippen molar-refractivity contribution >= 4 is 12.1 Å². The van der Waals surface area contributed by atoms with E-state index in [1.54, 1.807) is 37.5 Å². The summed E-state index contributed by atoms with van der Waals surface area (Å²) in [6.45, 7) is 1.67. The third kappa shape index (κ3) is 6.09. The van der Waals surface area contributed by atoms with Crippen molar-refractivity contribution in [3.8, 4) is 17.4 Å². The van der Waals surface area contributed by atoms with Gasteiger partial charge in [-0.1, -0.05) is 12.1 Å². The zero-order chi connectivity index (χ0) is 19.5. The van der Waals surface area contributed by atoms with Crippen LogP contribution in [0.3, 0.4) is 0 Å². The van der Waals surface area contributed by atoms with Crippen LogP contribution >= 0.6 is 0 Å². The van der Waals surface area contributed by atoms with Crippen molar-refractivity contribution in [2.45, 2.75) is 12.5 Å². The Morgan fingerprint density at radius 1 is 1.56 bits per heavy atom. The van der Waals surface area contributed by atoms with Gasteiger partial charge >= 0.3 is 5.91 Å². The van der Waals surface area contributed by atoms with Crippen molar-refractivity contribution in [2.24, 2.45) is 10.7 Å². The molecule has 1 aromatic heterocycles. The number of nitrogens with one attached hydrogen (secondary N) is 2. The quantitative estimate of drug-likeness (QED) is 0.703. The van der Waals surface area contributed by atoms with Crippen LogP contribution in [0.25, 0.3) is 11.3 Å². The fraction of sp³-hybridized carbons (Fsp3) is 0.263. The van der Waals surface area contributed by atoms with E-state index in [4.69, 9.17) is 15.4 Å². The standard InChI is InChI=1S/C15H14N4O2.C4H8N2/c16-7-10-2-1-3-11(6-10)13-9-18-15(21-13)14(20)19-12-4-5-17-8-12;1-6-4-2-3-5/h1-3,6,9,12,17H,4-5,8H2,(H,19,20);2-4H,5H2,1H3/b;3-2-,6-4?. The molecule has 0 aliphatic carbocycles. The molecule has 1 saturated heterocycles. The SMILES string of the molecule is CN=C/C=C\N.N#Cc1cccc(-c2cnc(C(=O)NC3CCNC3)o2)c1. The van der Waals surface area contributed by atoms with Crippen LogP contribution in [0.2, 0.25) is 0 Å². The first kappa shape index (κ1) is 19.9. The van der Waals surface area contributed by atoms with E-state index in [9.17, 15) is 4.79 Å². The Morgan fingerprint density at radius 3 is 3.04 bits per heavy atom. The third-order valence-electron chi connectivity index (χ3n) is 3.72. The van der Waals surface area contributed by atoms with Crippen molar-refractivity contribution in [1.29, 1.82) is 5.26 Å². The van der Waals surface area contributed by atoms with E-state index in [-0.39, 0.29) is 17.8 Å². The molecule has 0 spiro atoms. The molecule has 1 fully saturated rings. The first-order valence-corrected chi connectivity index (χ1v) is 8.45. The van der Waals surface area contributed by atoms with Gasteiger partial charge in [-0.2, -0.15) is 5.26 Å². The number of oxazole rings is 1. The molecule has 140 valence electrons. The number of nitrogens with zero attached hydrogens (tertiary/aromatic N) is 3. The van der Waals surface area contributed by atoms with Crippen LogP contribution in [0.1, 0.15) is 22.7 Å². The number of carbonyl (C=O) groups excluding carboxylic acids is 1. The van der Waals surface area contributed by atoms with Crippen LogP contribution in [0.15, 0.2) is 52.1 Å². The second kappa shape index (κ2) is 10.5. The average Bonchev–Trinajstić information content (AvgIpc) is 3.39. The molecule has 0 radical (unpaired) electrons. The van der Waals surface area contributed by atoms with Gasteiger partial charge in [0.25, 0.3) is 5.89 Å². The summed E-state index contributed by atoms with van der Waals surface area (Å²) < 4.78 is 5.49. The van der Waals surface area contributed by atoms with Crippen molar-refractivity contribution in [1.82, 2.24) is 15.6 Å². The van der Waals surface area contributed by atoms with Crippen molar-refractivity contribution in [3.05, 3.63) is 54.2 Å². The van der Waals surface area contributed by atoms with Crippen LogP contribution < -0.4 is 16.4 Å². The number of hydrogen-bond donors (Lipinski definition) is 3. The molecule has 1 atom stereocenters. The number of amides is 1. The molecule has 4 N–H and O–H groups in total. The maximum absolute atomic E-state index is 12.0. The van der Waals surface area contributed by atoms with Crippen LogP contribution in [0.4, 0.5) is 0 Å². The van der Waals surface area contributed by atoms with Gasteiger partial charge in [0.15, 0.2) is 5.76 Å². The van der Waals surface area contributed by atoms with Gasteiger partial charge in [0.05, 0.1) is 17.8 Å². The molecule has 3 rings (SSSR count). The van der Waals surface area contributed by atoms with Crippen molar-refractivity contribution < 1.29 is 9.21 Å². The minimum Gasteiger partial charge on any atom is -0.432 e. The lowest BCUT2D eigenvalue weighted by atomic mass is 10.1. The molecule has 0 bridgehead atoms. The second-order valence-corrected chi connectivity index (χ2v) is 5.68. The van der Waals surface area contributed by atoms with Gasteiger partial charge in [-0.15, -0.1) is 0 Å². The zero-order valence-electron chi connectivity index (χ0n) is 15.1. The van der Waals surface area contributed by atoms with Gasteiger partial charge < -0.3 is 20.8 Å². The molecule has 8 heteroatoms. The van der Waals surface area contributed by atoms with E-state index in [0.29, 0.717) is 11.3 Å². The van der Waals surface area contributed by atoms with Crippen molar-refractivity contribution in [2.75, 3.05) is 20.1 Å². The van der Waals surface area contributed by atoms with E-state index in [1.807, 2.05) is 6.07 Å². The predicted molar refractivity (Wildman–Crippen MR) is 103 cm³/mol. The van der Waals surface area contributed by atoms with Gasteiger partial charge in [0, 0.05) is 31.4 Å². The Balaban J connectivity index is 0.000000380. The fourth-order valence-electron chi connectivity index (χ4n) is 2.42. The van der Waals surface area contributed by atoms with Crippen LogP contribution in [-0.4, -0.2) is 43.3 Å². The van der Waals surface area contributed by atoms with Crippen molar-refractivity contribution in [3.63, 3.8) is 0 Å². The van der Waals surface area contributed by atoms with Gasteiger partial charge in [-0.25, -0.2) is 4.98 Å². The Hall–Kier alpha value is -3.44. The smallest absolute Gasteiger partial charge is 0.307 e. The maximum Gasteiger partial charge on any atom is 0.307 e. The first-order valence-electron chi connectivity index (χ1n) is 8.45. The molecule has 1 unspecified atom stereocenters. The molecule has 2 aromatic rings. The largest absolute Gasteiger partial charge is 0.432 e. The number of aliphatic imine (C=N–C) groups is 1. The lowest BCUT2D eigenvalue weighted by molar-refractivity contribution is 0.0906. The summed E-state index contributed by atoms with van der Waals surface area (Å²) in [5, 5.41) is 14.9. The van der Waals surface area contributed by atoms with E-state index in [2.05, 4.69) is 26.7 Å². The number of benzene rings is 1. The highest BCUT2D eigenvalue weighted by Crippen LogP contribution is 2.21. The number of allylic oxidation sites excluding steroid dienone is 1. The molecule has 1 aliphatic rings. The van der Waals surface area contributed by atoms with Crippen LogP contribution in [0.5, 0.6) is 0 Å². The number of hydrogen-bond acceptors (Lipinski definition) is 7. The summed E-state index contributed by atoms with van der Waals surface area (Å²) in [6.07, 6.45) is 7.13. The minimum atomic E-state index is -0.314. The van der Waals surface area contributed by atoms with Crippen LogP contribution in [0, 0.1) is 11.3 Å².